The molecule has 0 aromatic heterocycles. The van der Waals surface area contributed by atoms with Gasteiger partial charge in [0.05, 0.1) is 12.6 Å². The van der Waals surface area contributed by atoms with Gasteiger partial charge in [0, 0.05) is 43.0 Å². The van der Waals surface area contributed by atoms with Gasteiger partial charge < -0.3 is 29.9 Å². The van der Waals surface area contributed by atoms with Crippen LogP contribution >= 0.6 is 0 Å². The summed E-state index contributed by atoms with van der Waals surface area (Å²) in [5, 5.41) is 31.5. The van der Waals surface area contributed by atoms with E-state index in [1.54, 1.807) is 40.7 Å². The van der Waals surface area contributed by atoms with Gasteiger partial charge in [-0.2, -0.15) is 0 Å². The molecule has 1 fully saturated rings. The number of Topliss-reactive ketones (excluding diaryl/α,β-unsaturated/α-hetero) is 1. The summed E-state index contributed by atoms with van der Waals surface area (Å²) in [7, 11) is 2.96. The van der Waals surface area contributed by atoms with Gasteiger partial charge in [-0.3, -0.25) is 4.79 Å². The predicted octanol–water partition coefficient (Wildman–Crippen LogP) is 2.82. The van der Waals surface area contributed by atoms with Crippen molar-refractivity contribution in [3.63, 3.8) is 0 Å². The highest BCUT2D eigenvalue weighted by Gasteiger charge is 2.67. The van der Waals surface area contributed by atoms with E-state index >= 15 is 0 Å². The summed E-state index contributed by atoms with van der Waals surface area (Å²) in [5.74, 6) is -0.999. The topological polar surface area (TPSA) is 128 Å². The van der Waals surface area contributed by atoms with Crippen molar-refractivity contribution in [1.29, 1.82) is 0 Å². The minimum atomic E-state index is -1.56. The van der Waals surface area contributed by atoms with E-state index in [0.29, 0.717) is 24.0 Å². The van der Waals surface area contributed by atoms with Crippen LogP contribution in [-0.4, -0.2) is 87.6 Å². The number of likely N-dealkylation sites (N-methyl/N-ethyl adjacent to an activating group) is 2. The quantitative estimate of drug-likeness (QED) is 0.554. The van der Waals surface area contributed by atoms with E-state index in [0.717, 1.165) is 10.5 Å². The zero-order valence-electron chi connectivity index (χ0n) is 21.4. The Balaban J connectivity index is 2.12. The number of hydrogen-bond acceptors (Lipinski definition) is 6. The molecule has 0 heterocycles. The third-order valence-electron chi connectivity index (χ3n) is 7.97. The first-order valence-electron chi connectivity index (χ1n) is 11.7. The molecule has 0 bridgehead atoms. The van der Waals surface area contributed by atoms with Gasteiger partial charge in [0.25, 0.3) is 0 Å². The summed E-state index contributed by atoms with van der Waals surface area (Å²) >= 11 is 0. The molecule has 0 saturated heterocycles. The molecule has 0 aromatic rings. The Labute approximate surface area is 201 Å². The lowest BCUT2D eigenvalue weighted by Gasteiger charge is -2.45. The number of ether oxygens (including phenoxy) is 1. The molecule has 190 valence electrons. The minimum absolute atomic E-state index is 0.00649. The highest BCUT2D eigenvalue weighted by Crippen LogP contribution is 2.66. The molecular weight excluding hydrogens is 440 g/mol. The summed E-state index contributed by atoms with van der Waals surface area (Å²) in [5.41, 5.74) is -2.06. The van der Waals surface area contributed by atoms with E-state index in [9.17, 15) is 29.7 Å². The summed E-state index contributed by atoms with van der Waals surface area (Å²) in [4.78, 5) is 40.7. The van der Waals surface area contributed by atoms with Crippen LogP contribution in [0.25, 0.3) is 0 Å². The largest absolute Gasteiger partial charge is 0.465 e. The zero-order chi connectivity index (χ0) is 26.0. The average Bonchev–Trinajstić information content (AvgIpc) is 3.48. The molecule has 4 atom stereocenters. The first-order chi connectivity index (χ1) is 15.4. The molecule has 3 rings (SSSR count). The predicted molar refractivity (Wildman–Crippen MR) is 125 cm³/mol. The van der Waals surface area contributed by atoms with Crippen molar-refractivity contribution in [2.24, 2.45) is 16.7 Å². The van der Waals surface area contributed by atoms with Crippen LogP contribution in [0.15, 0.2) is 22.8 Å². The van der Waals surface area contributed by atoms with Crippen molar-refractivity contribution in [3.05, 3.63) is 22.8 Å². The van der Waals surface area contributed by atoms with E-state index in [-0.39, 0.29) is 13.2 Å². The Morgan fingerprint density at radius 2 is 1.79 bits per heavy atom. The SMILES string of the molecule is CC1=C2C(=C[C@](C)(CO)[C@@H]2C(CN(C)C(=O)OC(C)(C)C)N(C)C(=O)O)C(=O)[C@](C)(O)C12CC2. The van der Waals surface area contributed by atoms with Crippen molar-refractivity contribution >= 4 is 18.0 Å². The van der Waals surface area contributed by atoms with Gasteiger partial charge in [0.15, 0.2) is 5.78 Å². The summed E-state index contributed by atoms with van der Waals surface area (Å²) < 4.78 is 5.46. The first kappa shape index (κ1) is 26.2. The van der Waals surface area contributed by atoms with Crippen LogP contribution in [0.1, 0.15) is 54.4 Å². The highest BCUT2D eigenvalue weighted by atomic mass is 16.6. The van der Waals surface area contributed by atoms with Crippen LogP contribution < -0.4 is 0 Å². The Bertz CT molecular complexity index is 970. The molecule has 0 radical (unpaired) electrons. The number of hydrogen-bond donors (Lipinski definition) is 3. The van der Waals surface area contributed by atoms with Gasteiger partial charge in [0.2, 0.25) is 0 Å². The van der Waals surface area contributed by atoms with Gasteiger partial charge in [-0.1, -0.05) is 18.6 Å². The van der Waals surface area contributed by atoms with Gasteiger partial charge in [-0.25, -0.2) is 9.59 Å². The molecule has 9 nitrogen and oxygen atoms in total. The van der Waals surface area contributed by atoms with E-state index in [4.69, 9.17) is 4.74 Å². The van der Waals surface area contributed by atoms with Crippen molar-refractivity contribution in [1.82, 2.24) is 9.80 Å². The summed E-state index contributed by atoms with van der Waals surface area (Å²) in [6, 6.07) is -0.780. The van der Waals surface area contributed by atoms with Crippen LogP contribution in [0, 0.1) is 16.7 Å². The molecule has 2 amide bonds. The maximum absolute atomic E-state index is 13.4. The van der Waals surface area contributed by atoms with Crippen molar-refractivity contribution in [2.75, 3.05) is 27.2 Å². The molecule has 9 heteroatoms. The number of ketones is 1. The number of rotatable bonds is 5. The zero-order valence-corrected chi connectivity index (χ0v) is 21.4. The van der Waals surface area contributed by atoms with E-state index in [1.807, 2.05) is 6.92 Å². The first-order valence-corrected chi connectivity index (χ1v) is 11.7. The molecule has 1 unspecified atom stereocenters. The molecule has 1 spiro atoms. The van der Waals surface area contributed by atoms with Gasteiger partial charge >= 0.3 is 12.2 Å². The fourth-order valence-electron chi connectivity index (χ4n) is 5.77. The molecule has 3 aliphatic carbocycles. The number of carboxylic acid groups (broad SMARTS) is 1. The maximum Gasteiger partial charge on any atom is 0.410 e. The second-order valence-electron chi connectivity index (χ2n) is 11.5. The van der Waals surface area contributed by atoms with Crippen molar-refractivity contribution in [3.8, 4) is 0 Å². The number of carbonyl (C=O) groups is 3. The Morgan fingerprint density at radius 1 is 1.24 bits per heavy atom. The average molecular weight is 479 g/mol. The van der Waals surface area contributed by atoms with Crippen LogP contribution in [0.4, 0.5) is 9.59 Å². The Hall–Kier alpha value is -2.39. The Kier molecular flexibility index (Phi) is 6.24. The van der Waals surface area contributed by atoms with E-state index < -0.39 is 52.0 Å². The second-order valence-corrected chi connectivity index (χ2v) is 11.5. The fourth-order valence-corrected chi connectivity index (χ4v) is 5.77. The third-order valence-corrected chi connectivity index (χ3v) is 7.97. The lowest BCUT2D eigenvalue weighted by Crippen LogP contribution is -2.55. The molecule has 0 aromatic carbocycles. The van der Waals surface area contributed by atoms with Gasteiger partial charge in [0.1, 0.15) is 11.2 Å². The summed E-state index contributed by atoms with van der Waals surface area (Å²) in [6.07, 6.45) is 1.21. The number of fused-ring (bicyclic) bond motifs is 1. The van der Waals surface area contributed by atoms with Gasteiger partial charge in [-0.05, 0) is 53.0 Å². The Morgan fingerprint density at radius 3 is 2.24 bits per heavy atom. The van der Waals surface area contributed by atoms with Crippen molar-refractivity contribution in [2.45, 2.75) is 71.6 Å². The van der Waals surface area contributed by atoms with Crippen LogP contribution in [0.5, 0.6) is 0 Å². The number of carbonyl (C=O) groups excluding carboxylic acids is 2. The summed E-state index contributed by atoms with van der Waals surface area (Å²) in [6.45, 7) is 10.1. The molecular formula is C25H38N2O7. The third kappa shape index (κ3) is 3.92. The molecule has 34 heavy (non-hydrogen) atoms. The molecule has 3 aliphatic rings. The highest BCUT2D eigenvalue weighted by molar-refractivity contribution is 6.09. The standard InChI is InChI=1S/C25H38N2O7/c1-14-17-15(19(29)24(6,33)25(14)9-10-25)11-23(5,13-28)18(17)16(27(8)20(30)31)12-26(7)21(32)34-22(2,3)4/h11,16,18,28,33H,9-10,12-13H2,1-8H3,(H,30,31)/t16?,18-,23-,24+/m1/s1. The van der Waals surface area contributed by atoms with E-state index in [2.05, 4.69) is 0 Å². The number of nitrogens with zero attached hydrogens (tertiary/aromatic N) is 2. The maximum atomic E-state index is 13.4. The van der Waals surface area contributed by atoms with Gasteiger partial charge in [-0.15, -0.1) is 0 Å². The van der Waals surface area contributed by atoms with Crippen molar-refractivity contribution < 1.29 is 34.4 Å². The van der Waals surface area contributed by atoms with Crippen LogP contribution in [0.2, 0.25) is 0 Å². The number of aliphatic hydroxyl groups is 2. The lowest BCUT2D eigenvalue weighted by atomic mass is 9.64. The minimum Gasteiger partial charge on any atom is -0.465 e. The molecule has 1 saturated carbocycles. The number of aliphatic hydroxyl groups excluding tert-OH is 1. The van der Waals surface area contributed by atoms with Crippen LogP contribution in [-0.2, 0) is 9.53 Å². The fraction of sp³-hybridized carbons (Fsp3) is 0.720. The smallest absolute Gasteiger partial charge is 0.410 e. The van der Waals surface area contributed by atoms with Crippen LogP contribution in [0.3, 0.4) is 0 Å². The monoisotopic (exact) mass is 478 g/mol. The second kappa shape index (κ2) is 8.09. The molecule has 0 aliphatic heterocycles. The molecule has 3 N–H and O–H groups in total. The normalized spacial score (nSPS) is 30.6. The number of amides is 2. The lowest BCUT2D eigenvalue weighted by molar-refractivity contribution is -0.137. The van der Waals surface area contributed by atoms with E-state index in [1.165, 1.54) is 19.0 Å².